The molecule has 0 saturated heterocycles. The van der Waals surface area contributed by atoms with Crippen LogP contribution in [-0.4, -0.2) is 5.91 Å². The third kappa shape index (κ3) is 4.28. The highest BCUT2D eigenvalue weighted by Crippen LogP contribution is 2.22. The topological polar surface area (TPSA) is 29.1 Å². The molecular formula is C20H17Cl2NO. The molecule has 0 unspecified atom stereocenters. The SMILES string of the molecule is O=C(CCc1ccc(Cl)cc1Cl)NCc1ccc2ccccc2c1. The highest BCUT2D eigenvalue weighted by molar-refractivity contribution is 6.35. The third-order valence-corrected chi connectivity index (χ3v) is 4.53. The summed E-state index contributed by atoms with van der Waals surface area (Å²) in [5, 5.41) is 6.54. The number of carbonyl (C=O) groups excluding carboxylic acids is 1. The monoisotopic (exact) mass is 357 g/mol. The van der Waals surface area contributed by atoms with Crippen LogP contribution in [0.15, 0.2) is 60.7 Å². The van der Waals surface area contributed by atoms with Gasteiger partial charge >= 0.3 is 0 Å². The summed E-state index contributed by atoms with van der Waals surface area (Å²) in [5.41, 5.74) is 2.02. The number of aryl methyl sites for hydroxylation is 1. The van der Waals surface area contributed by atoms with Crippen LogP contribution in [0.3, 0.4) is 0 Å². The van der Waals surface area contributed by atoms with Gasteiger partial charge in [-0.15, -0.1) is 0 Å². The third-order valence-electron chi connectivity index (χ3n) is 3.94. The fourth-order valence-electron chi connectivity index (χ4n) is 2.61. The van der Waals surface area contributed by atoms with Crippen molar-refractivity contribution in [1.29, 1.82) is 0 Å². The fourth-order valence-corrected chi connectivity index (χ4v) is 3.11. The summed E-state index contributed by atoms with van der Waals surface area (Å²) >= 11 is 12.0. The Bertz CT molecular complexity index is 876. The van der Waals surface area contributed by atoms with Crippen LogP contribution in [0, 0.1) is 0 Å². The van der Waals surface area contributed by atoms with Crippen LogP contribution in [0.1, 0.15) is 17.5 Å². The Kier molecular flexibility index (Phi) is 5.39. The maximum absolute atomic E-state index is 12.1. The van der Waals surface area contributed by atoms with E-state index in [4.69, 9.17) is 23.2 Å². The first-order valence-corrected chi connectivity index (χ1v) is 8.56. The van der Waals surface area contributed by atoms with Crippen molar-refractivity contribution in [2.75, 3.05) is 0 Å². The highest BCUT2D eigenvalue weighted by Gasteiger charge is 2.06. The van der Waals surface area contributed by atoms with Crippen LogP contribution in [0.4, 0.5) is 0 Å². The Morgan fingerprint density at radius 3 is 2.50 bits per heavy atom. The summed E-state index contributed by atoms with van der Waals surface area (Å²) in [6, 6.07) is 19.8. The van der Waals surface area contributed by atoms with Gasteiger partial charge in [0.15, 0.2) is 0 Å². The summed E-state index contributed by atoms with van der Waals surface area (Å²) in [6.07, 6.45) is 0.995. The molecule has 1 amide bonds. The molecule has 4 heteroatoms. The van der Waals surface area contributed by atoms with Crippen LogP contribution in [0.5, 0.6) is 0 Å². The number of hydrogen-bond donors (Lipinski definition) is 1. The Balaban J connectivity index is 1.54. The molecule has 0 aliphatic heterocycles. The Hall–Kier alpha value is -2.03. The zero-order chi connectivity index (χ0) is 16.9. The minimum Gasteiger partial charge on any atom is -0.352 e. The molecule has 0 radical (unpaired) electrons. The van der Waals surface area contributed by atoms with Gasteiger partial charge in [-0.05, 0) is 46.5 Å². The standard InChI is InChI=1S/C20H17Cl2NO/c21-18-9-7-16(19(22)12-18)8-10-20(24)23-13-14-5-6-15-3-1-2-4-17(15)11-14/h1-7,9,11-12H,8,10,13H2,(H,23,24). The van der Waals surface area contributed by atoms with Gasteiger partial charge in [0.2, 0.25) is 5.91 Å². The first kappa shape index (κ1) is 16.8. The van der Waals surface area contributed by atoms with Crippen LogP contribution < -0.4 is 5.32 Å². The average molecular weight is 358 g/mol. The molecule has 0 bridgehead atoms. The van der Waals surface area contributed by atoms with Crippen molar-refractivity contribution in [3.63, 3.8) is 0 Å². The van der Waals surface area contributed by atoms with Crippen LogP contribution >= 0.6 is 23.2 Å². The van der Waals surface area contributed by atoms with E-state index in [1.165, 1.54) is 10.8 Å². The molecule has 0 spiro atoms. The van der Waals surface area contributed by atoms with Crippen molar-refractivity contribution in [3.8, 4) is 0 Å². The zero-order valence-corrected chi connectivity index (χ0v) is 14.6. The lowest BCUT2D eigenvalue weighted by Gasteiger charge is -2.08. The zero-order valence-electron chi connectivity index (χ0n) is 13.1. The normalized spacial score (nSPS) is 10.8. The van der Waals surface area contributed by atoms with Gasteiger partial charge < -0.3 is 5.32 Å². The maximum Gasteiger partial charge on any atom is 0.220 e. The predicted octanol–water partition coefficient (Wildman–Crippen LogP) is 5.40. The van der Waals surface area contributed by atoms with E-state index in [9.17, 15) is 4.79 Å². The summed E-state index contributed by atoms with van der Waals surface area (Å²) in [4.78, 5) is 12.1. The predicted molar refractivity (Wildman–Crippen MR) is 101 cm³/mol. The number of fused-ring (bicyclic) bond motifs is 1. The number of carbonyl (C=O) groups is 1. The van der Waals surface area contributed by atoms with E-state index in [1.54, 1.807) is 12.1 Å². The van der Waals surface area contributed by atoms with Crippen LogP contribution in [0.25, 0.3) is 10.8 Å². The molecular weight excluding hydrogens is 341 g/mol. The van der Waals surface area contributed by atoms with Crippen molar-refractivity contribution >= 4 is 39.9 Å². The molecule has 0 heterocycles. The lowest BCUT2D eigenvalue weighted by atomic mass is 10.1. The molecule has 3 rings (SSSR count). The second-order valence-electron chi connectivity index (χ2n) is 5.69. The van der Waals surface area contributed by atoms with Gasteiger partial charge in [0, 0.05) is 23.0 Å². The molecule has 3 aromatic rings. The first-order chi connectivity index (χ1) is 11.6. The van der Waals surface area contributed by atoms with E-state index < -0.39 is 0 Å². The van der Waals surface area contributed by atoms with Crippen molar-refractivity contribution < 1.29 is 4.79 Å². The lowest BCUT2D eigenvalue weighted by Crippen LogP contribution is -2.23. The molecule has 0 atom stereocenters. The molecule has 3 aromatic carbocycles. The number of rotatable bonds is 5. The number of nitrogens with one attached hydrogen (secondary N) is 1. The van der Waals surface area contributed by atoms with Gasteiger partial charge in [0.05, 0.1) is 0 Å². The highest BCUT2D eigenvalue weighted by atomic mass is 35.5. The minimum absolute atomic E-state index is 0.00850. The van der Waals surface area contributed by atoms with Gasteiger partial charge in [-0.25, -0.2) is 0 Å². The lowest BCUT2D eigenvalue weighted by molar-refractivity contribution is -0.121. The van der Waals surface area contributed by atoms with Gasteiger partial charge in [-0.1, -0.05) is 65.7 Å². The molecule has 122 valence electrons. The molecule has 0 aliphatic carbocycles. The van der Waals surface area contributed by atoms with Gasteiger partial charge in [-0.3, -0.25) is 4.79 Å². The van der Waals surface area contributed by atoms with Gasteiger partial charge in [0.25, 0.3) is 0 Å². The largest absolute Gasteiger partial charge is 0.352 e. The Morgan fingerprint density at radius 2 is 1.71 bits per heavy atom. The number of halogens is 2. The second-order valence-corrected chi connectivity index (χ2v) is 6.54. The number of amides is 1. The Morgan fingerprint density at radius 1 is 0.917 bits per heavy atom. The van der Waals surface area contributed by atoms with Gasteiger partial charge in [-0.2, -0.15) is 0 Å². The van der Waals surface area contributed by atoms with E-state index in [0.717, 1.165) is 11.1 Å². The maximum atomic E-state index is 12.1. The minimum atomic E-state index is 0.00850. The molecule has 24 heavy (non-hydrogen) atoms. The molecule has 0 fully saturated rings. The van der Waals surface area contributed by atoms with E-state index >= 15 is 0 Å². The average Bonchev–Trinajstić information content (AvgIpc) is 2.59. The van der Waals surface area contributed by atoms with E-state index in [1.807, 2.05) is 24.3 Å². The van der Waals surface area contributed by atoms with Crippen LogP contribution in [-0.2, 0) is 17.8 Å². The molecule has 2 nitrogen and oxygen atoms in total. The summed E-state index contributed by atoms with van der Waals surface area (Å²) in [6.45, 7) is 0.526. The molecule has 1 N–H and O–H groups in total. The fraction of sp³-hybridized carbons (Fsp3) is 0.150. The smallest absolute Gasteiger partial charge is 0.220 e. The summed E-state index contributed by atoms with van der Waals surface area (Å²) in [5.74, 6) is 0.00850. The second kappa shape index (κ2) is 7.69. The van der Waals surface area contributed by atoms with Gasteiger partial charge in [0.1, 0.15) is 0 Å². The van der Waals surface area contributed by atoms with Crippen molar-refractivity contribution in [1.82, 2.24) is 5.32 Å². The first-order valence-electron chi connectivity index (χ1n) is 7.80. The summed E-state index contributed by atoms with van der Waals surface area (Å²) in [7, 11) is 0. The molecule has 0 aromatic heterocycles. The van der Waals surface area contributed by atoms with Crippen molar-refractivity contribution in [3.05, 3.63) is 81.8 Å². The van der Waals surface area contributed by atoms with Crippen molar-refractivity contribution in [2.24, 2.45) is 0 Å². The molecule has 0 saturated carbocycles. The number of benzene rings is 3. The van der Waals surface area contributed by atoms with E-state index in [2.05, 4.69) is 29.6 Å². The quantitative estimate of drug-likeness (QED) is 0.650. The Labute approximate surface area is 151 Å². The van der Waals surface area contributed by atoms with E-state index in [0.29, 0.717) is 29.4 Å². The van der Waals surface area contributed by atoms with E-state index in [-0.39, 0.29) is 5.91 Å². The summed E-state index contributed by atoms with van der Waals surface area (Å²) < 4.78 is 0. The molecule has 0 aliphatic rings. The van der Waals surface area contributed by atoms with Crippen LogP contribution in [0.2, 0.25) is 10.0 Å². The van der Waals surface area contributed by atoms with Crippen molar-refractivity contribution in [2.45, 2.75) is 19.4 Å². The number of hydrogen-bond acceptors (Lipinski definition) is 1.